The van der Waals surface area contributed by atoms with Gasteiger partial charge in [0, 0.05) is 23.4 Å². The van der Waals surface area contributed by atoms with Gasteiger partial charge in [-0.15, -0.1) is 0 Å². The molecule has 0 aliphatic carbocycles. The molecular formula is C20H24N2O3. The summed E-state index contributed by atoms with van der Waals surface area (Å²) in [4.78, 5) is 24.1. The molecular weight excluding hydrogens is 316 g/mol. The largest absolute Gasteiger partial charge is 0.494 e. The first kappa shape index (κ1) is 18.5. The number of nitrogens with one attached hydrogen (secondary N) is 2. The van der Waals surface area contributed by atoms with Gasteiger partial charge in [-0.2, -0.15) is 0 Å². The molecule has 25 heavy (non-hydrogen) atoms. The van der Waals surface area contributed by atoms with Crippen molar-refractivity contribution in [3.8, 4) is 5.75 Å². The molecule has 5 nitrogen and oxygen atoms in total. The highest BCUT2D eigenvalue weighted by Crippen LogP contribution is 2.22. The average molecular weight is 340 g/mol. The maximum absolute atomic E-state index is 12.5. The van der Waals surface area contributed by atoms with E-state index in [0.717, 1.165) is 12.0 Å². The summed E-state index contributed by atoms with van der Waals surface area (Å²) < 4.78 is 5.56. The maximum Gasteiger partial charge on any atom is 0.255 e. The van der Waals surface area contributed by atoms with Gasteiger partial charge in [0.25, 0.3) is 5.91 Å². The average Bonchev–Trinajstić information content (AvgIpc) is 2.62. The Morgan fingerprint density at radius 2 is 1.84 bits per heavy atom. The lowest BCUT2D eigenvalue weighted by atomic mass is 10.1. The molecule has 0 saturated heterocycles. The molecule has 0 fully saturated rings. The number of aryl methyl sites for hydroxylation is 1. The van der Waals surface area contributed by atoms with Crippen molar-refractivity contribution in [2.24, 2.45) is 0 Å². The highest BCUT2D eigenvalue weighted by atomic mass is 16.5. The molecule has 0 saturated carbocycles. The zero-order valence-electron chi connectivity index (χ0n) is 14.9. The first-order valence-electron chi connectivity index (χ1n) is 8.48. The summed E-state index contributed by atoms with van der Waals surface area (Å²) in [7, 11) is 0. The van der Waals surface area contributed by atoms with Gasteiger partial charge in [-0.1, -0.05) is 26.0 Å². The van der Waals surface area contributed by atoms with Crippen LogP contribution in [0.15, 0.2) is 42.5 Å². The molecule has 2 rings (SSSR count). The number of anilines is 2. The smallest absolute Gasteiger partial charge is 0.255 e. The van der Waals surface area contributed by atoms with Crippen LogP contribution in [-0.2, 0) is 4.79 Å². The number of hydrogen-bond acceptors (Lipinski definition) is 3. The first-order valence-corrected chi connectivity index (χ1v) is 8.48. The number of hydrogen-bond donors (Lipinski definition) is 2. The third-order valence-electron chi connectivity index (χ3n) is 3.66. The highest BCUT2D eigenvalue weighted by Gasteiger charge is 2.09. The van der Waals surface area contributed by atoms with Crippen LogP contribution in [-0.4, -0.2) is 18.4 Å². The van der Waals surface area contributed by atoms with Crippen molar-refractivity contribution < 1.29 is 14.3 Å². The van der Waals surface area contributed by atoms with Crippen LogP contribution >= 0.6 is 0 Å². The van der Waals surface area contributed by atoms with E-state index in [4.69, 9.17) is 4.74 Å². The molecule has 5 heteroatoms. The molecule has 0 aliphatic heterocycles. The normalized spacial score (nSPS) is 10.2. The van der Waals surface area contributed by atoms with Crippen molar-refractivity contribution in [3.05, 3.63) is 53.6 Å². The quantitative estimate of drug-likeness (QED) is 0.786. The minimum atomic E-state index is -0.224. The fourth-order valence-electron chi connectivity index (χ4n) is 2.22. The van der Waals surface area contributed by atoms with Crippen LogP contribution in [0.25, 0.3) is 0 Å². The minimum absolute atomic E-state index is 0.0626. The van der Waals surface area contributed by atoms with Crippen molar-refractivity contribution in [1.82, 2.24) is 0 Å². The molecule has 132 valence electrons. The topological polar surface area (TPSA) is 67.4 Å². The van der Waals surface area contributed by atoms with E-state index in [-0.39, 0.29) is 11.8 Å². The maximum atomic E-state index is 12.5. The molecule has 0 heterocycles. The molecule has 0 atom stereocenters. The van der Waals surface area contributed by atoms with Crippen molar-refractivity contribution in [2.75, 3.05) is 17.2 Å². The van der Waals surface area contributed by atoms with E-state index in [2.05, 4.69) is 10.6 Å². The summed E-state index contributed by atoms with van der Waals surface area (Å²) in [6.45, 7) is 6.35. The summed E-state index contributed by atoms with van der Waals surface area (Å²) in [5, 5.41) is 5.69. The third kappa shape index (κ3) is 5.35. The predicted molar refractivity (Wildman–Crippen MR) is 100 cm³/mol. The van der Waals surface area contributed by atoms with E-state index < -0.39 is 0 Å². The standard InChI is InChI=1S/C20H24N2O3/c1-4-11-25-17-8-6-7-15(12-17)20(24)21-16-10-9-14(3)18(13-16)22-19(23)5-2/h6-10,12-13H,4-5,11H2,1-3H3,(H,21,24)(H,22,23). The van der Waals surface area contributed by atoms with Gasteiger partial charge in [-0.25, -0.2) is 0 Å². The van der Waals surface area contributed by atoms with Gasteiger partial charge in [0.05, 0.1) is 6.61 Å². The molecule has 0 aliphatic rings. The highest BCUT2D eigenvalue weighted by molar-refractivity contribution is 6.05. The molecule has 2 N–H and O–H groups in total. The molecule has 0 spiro atoms. The van der Waals surface area contributed by atoms with Crippen molar-refractivity contribution in [3.63, 3.8) is 0 Å². The second-order valence-corrected chi connectivity index (χ2v) is 5.76. The second kappa shape index (κ2) is 8.87. The zero-order valence-corrected chi connectivity index (χ0v) is 14.9. The van der Waals surface area contributed by atoms with Gasteiger partial charge in [-0.05, 0) is 49.2 Å². The Kier molecular flexibility index (Phi) is 6.57. The zero-order chi connectivity index (χ0) is 18.2. The van der Waals surface area contributed by atoms with Gasteiger partial charge in [0.15, 0.2) is 0 Å². The Bertz CT molecular complexity index is 756. The Balaban J connectivity index is 2.12. The molecule has 2 aromatic rings. The van der Waals surface area contributed by atoms with Crippen molar-refractivity contribution >= 4 is 23.2 Å². The van der Waals surface area contributed by atoms with Crippen LogP contribution in [0, 0.1) is 6.92 Å². The number of rotatable bonds is 7. The molecule has 0 radical (unpaired) electrons. The van der Waals surface area contributed by atoms with E-state index in [1.807, 2.05) is 32.0 Å². The number of ether oxygens (including phenoxy) is 1. The lowest BCUT2D eigenvalue weighted by Gasteiger charge is -2.12. The Labute approximate surface area is 148 Å². The number of carbonyl (C=O) groups excluding carboxylic acids is 2. The van der Waals surface area contributed by atoms with Crippen LogP contribution < -0.4 is 15.4 Å². The van der Waals surface area contributed by atoms with E-state index in [1.54, 1.807) is 31.2 Å². The minimum Gasteiger partial charge on any atom is -0.494 e. The van der Waals surface area contributed by atoms with Crippen LogP contribution in [0.2, 0.25) is 0 Å². The third-order valence-corrected chi connectivity index (χ3v) is 3.66. The number of benzene rings is 2. The van der Waals surface area contributed by atoms with E-state index >= 15 is 0 Å². The Hall–Kier alpha value is -2.82. The summed E-state index contributed by atoms with van der Waals surface area (Å²) >= 11 is 0. The van der Waals surface area contributed by atoms with Gasteiger partial charge in [0.1, 0.15) is 5.75 Å². The Morgan fingerprint density at radius 3 is 2.56 bits per heavy atom. The molecule has 2 aromatic carbocycles. The predicted octanol–water partition coefficient (Wildman–Crippen LogP) is 4.38. The lowest BCUT2D eigenvalue weighted by Crippen LogP contribution is -2.14. The van der Waals surface area contributed by atoms with Crippen molar-refractivity contribution in [1.29, 1.82) is 0 Å². The molecule has 0 unspecified atom stereocenters. The fraction of sp³-hybridized carbons (Fsp3) is 0.300. The Morgan fingerprint density at radius 1 is 1.04 bits per heavy atom. The monoisotopic (exact) mass is 340 g/mol. The lowest BCUT2D eigenvalue weighted by molar-refractivity contribution is -0.115. The van der Waals surface area contributed by atoms with Gasteiger partial charge in [0.2, 0.25) is 5.91 Å². The van der Waals surface area contributed by atoms with Gasteiger partial charge >= 0.3 is 0 Å². The summed E-state index contributed by atoms with van der Waals surface area (Å²) in [5.74, 6) is 0.389. The molecule has 2 amide bonds. The van der Waals surface area contributed by atoms with E-state index in [9.17, 15) is 9.59 Å². The molecule has 0 bridgehead atoms. The SMILES string of the molecule is CCCOc1cccc(C(=O)Nc2ccc(C)c(NC(=O)CC)c2)c1. The fourth-order valence-corrected chi connectivity index (χ4v) is 2.22. The van der Waals surface area contributed by atoms with E-state index in [1.165, 1.54) is 0 Å². The van der Waals surface area contributed by atoms with Crippen LogP contribution in [0.3, 0.4) is 0 Å². The van der Waals surface area contributed by atoms with E-state index in [0.29, 0.717) is 35.7 Å². The number of carbonyl (C=O) groups is 2. The summed E-state index contributed by atoms with van der Waals surface area (Å²) in [5.41, 5.74) is 2.79. The second-order valence-electron chi connectivity index (χ2n) is 5.76. The summed E-state index contributed by atoms with van der Waals surface area (Å²) in [6.07, 6.45) is 1.31. The van der Waals surface area contributed by atoms with Gasteiger partial charge in [-0.3, -0.25) is 9.59 Å². The van der Waals surface area contributed by atoms with Crippen LogP contribution in [0.1, 0.15) is 42.6 Å². The molecule has 0 aromatic heterocycles. The van der Waals surface area contributed by atoms with Crippen LogP contribution in [0.5, 0.6) is 5.75 Å². The number of amides is 2. The first-order chi connectivity index (χ1) is 12.0. The van der Waals surface area contributed by atoms with Crippen LogP contribution in [0.4, 0.5) is 11.4 Å². The van der Waals surface area contributed by atoms with Gasteiger partial charge < -0.3 is 15.4 Å². The summed E-state index contributed by atoms with van der Waals surface area (Å²) in [6, 6.07) is 12.5. The van der Waals surface area contributed by atoms with Crippen molar-refractivity contribution in [2.45, 2.75) is 33.6 Å².